The Hall–Kier alpha value is -3.91. The van der Waals surface area contributed by atoms with Crippen molar-refractivity contribution in [2.24, 2.45) is 0 Å². The van der Waals surface area contributed by atoms with Crippen molar-refractivity contribution in [3.63, 3.8) is 0 Å². The lowest BCUT2D eigenvalue weighted by Gasteiger charge is -2.13. The van der Waals surface area contributed by atoms with Crippen molar-refractivity contribution in [2.45, 2.75) is 52.6 Å². The predicted molar refractivity (Wildman–Crippen MR) is 146 cm³/mol. The molecule has 0 aliphatic heterocycles. The number of nitrogens with zero attached hydrogens (tertiary/aromatic N) is 5. The van der Waals surface area contributed by atoms with Gasteiger partial charge in [-0.3, -0.25) is 5.10 Å². The maximum Gasteiger partial charge on any atom is 0.321 e. The van der Waals surface area contributed by atoms with E-state index in [9.17, 15) is 0 Å². The lowest BCUT2D eigenvalue weighted by molar-refractivity contribution is 0.441. The van der Waals surface area contributed by atoms with Crippen LogP contribution in [0.15, 0.2) is 60.9 Å². The molecule has 0 unspecified atom stereocenters. The van der Waals surface area contributed by atoms with Crippen LogP contribution >= 0.6 is 11.6 Å². The van der Waals surface area contributed by atoms with E-state index in [1.165, 1.54) is 18.0 Å². The fourth-order valence-corrected chi connectivity index (χ4v) is 4.20. The summed E-state index contributed by atoms with van der Waals surface area (Å²) in [7, 11) is 0. The minimum atomic E-state index is 0.0264. The van der Waals surface area contributed by atoms with Gasteiger partial charge in [0.1, 0.15) is 5.75 Å². The molecule has 2 N–H and O–H groups in total. The molecule has 5 rings (SSSR count). The molecule has 3 heterocycles. The molecular weight excluding hydrogens is 486 g/mol. The van der Waals surface area contributed by atoms with Gasteiger partial charge in [-0.25, -0.2) is 15.0 Å². The van der Waals surface area contributed by atoms with E-state index in [1.54, 1.807) is 0 Å². The maximum absolute atomic E-state index is 5.83. The number of anilines is 1. The Morgan fingerprint density at radius 2 is 1.73 bits per heavy atom. The van der Waals surface area contributed by atoms with Crippen LogP contribution in [0.5, 0.6) is 11.8 Å². The molecule has 0 radical (unpaired) electrons. The second-order valence-electron chi connectivity index (χ2n) is 9.99. The number of halogens is 1. The smallest absolute Gasteiger partial charge is 0.321 e. The van der Waals surface area contributed by atoms with Gasteiger partial charge in [-0.1, -0.05) is 50.6 Å². The summed E-state index contributed by atoms with van der Waals surface area (Å²) in [6, 6.07) is 16.7. The van der Waals surface area contributed by atoms with Crippen LogP contribution in [0, 0.1) is 0 Å². The number of ether oxygens (including phenoxy) is 1. The maximum atomic E-state index is 5.83. The number of aryl methyl sites for hydroxylation is 1. The fraction of sp³-hybridized carbons (Fsp3) is 0.286. The van der Waals surface area contributed by atoms with E-state index in [0.717, 1.165) is 46.9 Å². The number of hydrogen-bond donors (Lipinski definition) is 2. The second kappa shape index (κ2) is 10.2. The van der Waals surface area contributed by atoms with Crippen LogP contribution in [-0.2, 0) is 24.9 Å². The summed E-state index contributed by atoms with van der Waals surface area (Å²) in [4.78, 5) is 13.0. The molecule has 0 atom stereocenters. The van der Waals surface area contributed by atoms with Crippen LogP contribution in [0.1, 0.15) is 50.2 Å². The molecule has 0 amide bonds. The molecule has 0 bridgehead atoms. The summed E-state index contributed by atoms with van der Waals surface area (Å²) in [5, 5.41) is 11.6. The van der Waals surface area contributed by atoms with Gasteiger partial charge >= 0.3 is 6.01 Å². The zero-order chi connectivity index (χ0) is 26.0. The van der Waals surface area contributed by atoms with Crippen LogP contribution in [-0.4, -0.2) is 29.7 Å². The largest absolute Gasteiger partial charge is 0.424 e. The minimum Gasteiger partial charge on any atom is -0.424 e. The topological polar surface area (TPSA) is 93.5 Å². The molecule has 0 aliphatic rings. The van der Waals surface area contributed by atoms with Crippen LogP contribution in [0.4, 0.5) is 5.95 Å². The average Bonchev–Trinajstić information content (AvgIpc) is 3.49. The Bertz CT molecular complexity index is 1500. The van der Waals surface area contributed by atoms with Gasteiger partial charge in [0.05, 0.1) is 34.1 Å². The molecule has 8 nitrogen and oxygen atoms in total. The quantitative estimate of drug-likeness (QED) is 0.244. The number of aromatic nitrogens is 6. The molecule has 0 saturated heterocycles. The van der Waals surface area contributed by atoms with E-state index in [4.69, 9.17) is 21.3 Å². The van der Waals surface area contributed by atoms with Crippen molar-refractivity contribution < 1.29 is 4.74 Å². The Labute approximate surface area is 221 Å². The van der Waals surface area contributed by atoms with Crippen molar-refractivity contribution >= 4 is 28.6 Å². The first-order valence-electron chi connectivity index (χ1n) is 12.3. The van der Waals surface area contributed by atoms with Crippen molar-refractivity contribution in [1.29, 1.82) is 0 Å². The molecule has 190 valence electrons. The van der Waals surface area contributed by atoms with Gasteiger partial charge in [-0.05, 0) is 48.4 Å². The van der Waals surface area contributed by atoms with Gasteiger partial charge in [0.2, 0.25) is 5.95 Å². The number of nitrogens with one attached hydrogen (secondary N) is 2. The van der Waals surface area contributed by atoms with E-state index in [2.05, 4.69) is 82.0 Å². The summed E-state index contributed by atoms with van der Waals surface area (Å²) in [6.45, 7) is 10.1. The molecule has 3 aromatic heterocycles. The van der Waals surface area contributed by atoms with Gasteiger partial charge in [-0.15, -0.1) is 0 Å². The zero-order valence-electron chi connectivity index (χ0n) is 21.4. The third-order valence-electron chi connectivity index (χ3n) is 6.10. The van der Waals surface area contributed by atoms with Crippen molar-refractivity contribution in [3.8, 4) is 11.8 Å². The first-order chi connectivity index (χ1) is 17.8. The third kappa shape index (κ3) is 5.75. The van der Waals surface area contributed by atoms with E-state index < -0.39 is 0 Å². The molecule has 0 spiro atoms. The number of hydrogen-bond acceptors (Lipinski definition) is 6. The van der Waals surface area contributed by atoms with Crippen LogP contribution in [0.25, 0.3) is 11.0 Å². The standard InChI is InChI=1S/C28H30ClN7O/c1-5-36-24-13-19(12-21-14-25(35-34-21)28(2,3)4)8-11-23(24)33-26(36)30-15-18-6-9-22(10-7-18)37-27-31-16-20(29)17-32-27/h6-11,13-14,16-17H,5,12,15H2,1-4H3,(H,30,33)(H,34,35). The lowest BCUT2D eigenvalue weighted by atomic mass is 9.92. The number of H-pyrrole nitrogens is 1. The van der Waals surface area contributed by atoms with Gasteiger partial charge in [-0.2, -0.15) is 5.10 Å². The number of benzene rings is 2. The fourth-order valence-electron chi connectivity index (χ4n) is 4.10. The van der Waals surface area contributed by atoms with E-state index >= 15 is 0 Å². The lowest BCUT2D eigenvalue weighted by Crippen LogP contribution is -2.11. The molecule has 9 heteroatoms. The summed E-state index contributed by atoms with van der Waals surface area (Å²) < 4.78 is 7.89. The molecular formula is C28H30ClN7O. The van der Waals surface area contributed by atoms with Crippen molar-refractivity contribution in [3.05, 3.63) is 88.5 Å². The molecule has 0 saturated carbocycles. The number of imidazole rings is 1. The highest BCUT2D eigenvalue weighted by Crippen LogP contribution is 2.25. The highest BCUT2D eigenvalue weighted by atomic mass is 35.5. The molecule has 5 aromatic rings. The SMILES string of the molecule is CCn1c(NCc2ccc(Oc3ncc(Cl)cn3)cc2)nc2ccc(Cc3cc(C(C)(C)C)n[nH]3)cc21. The molecule has 0 aliphatic carbocycles. The molecule has 2 aromatic carbocycles. The van der Waals surface area contributed by atoms with E-state index in [1.807, 2.05) is 24.3 Å². The first-order valence-corrected chi connectivity index (χ1v) is 12.7. The molecule has 0 fully saturated rings. The Morgan fingerprint density at radius 1 is 1.00 bits per heavy atom. The Morgan fingerprint density at radius 3 is 2.41 bits per heavy atom. The monoisotopic (exact) mass is 515 g/mol. The van der Waals surface area contributed by atoms with Gasteiger partial charge in [0, 0.05) is 30.6 Å². The van der Waals surface area contributed by atoms with Crippen molar-refractivity contribution in [1.82, 2.24) is 29.7 Å². The Kier molecular flexibility index (Phi) is 6.84. The molecule has 37 heavy (non-hydrogen) atoms. The highest BCUT2D eigenvalue weighted by Gasteiger charge is 2.18. The summed E-state index contributed by atoms with van der Waals surface area (Å²) in [5.74, 6) is 1.51. The van der Waals surface area contributed by atoms with E-state index in [0.29, 0.717) is 17.3 Å². The van der Waals surface area contributed by atoms with Crippen LogP contribution in [0.2, 0.25) is 5.02 Å². The third-order valence-corrected chi connectivity index (χ3v) is 6.30. The summed E-state index contributed by atoms with van der Waals surface area (Å²) >= 11 is 5.83. The summed E-state index contributed by atoms with van der Waals surface area (Å²) in [5.41, 5.74) is 6.63. The minimum absolute atomic E-state index is 0.0264. The van der Waals surface area contributed by atoms with E-state index in [-0.39, 0.29) is 11.4 Å². The second-order valence-corrected chi connectivity index (χ2v) is 10.4. The Balaban J connectivity index is 1.27. The van der Waals surface area contributed by atoms with Crippen molar-refractivity contribution in [2.75, 3.05) is 5.32 Å². The predicted octanol–water partition coefficient (Wildman–Crippen LogP) is 6.52. The van der Waals surface area contributed by atoms with Gasteiger partial charge in [0.25, 0.3) is 0 Å². The number of fused-ring (bicyclic) bond motifs is 1. The first kappa shape index (κ1) is 24.8. The normalized spacial score (nSPS) is 11.7. The number of rotatable bonds is 8. The average molecular weight is 516 g/mol. The summed E-state index contributed by atoms with van der Waals surface area (Å²) in [6.07, 6.45) is 3.81. The number of aromatic amines is 1. The van der Waals surface area contributed by atoms with Crippen LogP contribution in [0.3, 0.4) is 0 Å². The van der Waals surface area contributed by atoms with Gasteiger partial charge < -0.3 is 14.6 Å². The highest BCUT2D eigenvalue weighted by molar-refractivity contribution is 6.30. The zero-order valence-corrected chi connectivity index (χ0v) is 22.2. The van der Waals surface area contributed by atoms with Crippen LogP contribution < -0.4 is 10.1 Å². The van der Waals surface area contributed by atoms with Gasteiger partial charge in [0.15, 0.2) is 0 Å².